The van der Waals surface area contributed by atoms with Crippen LogP contribution in [0.2, 0.25) is 0 Å². The Labute approximate surface area is 95.4 Å². The van der Waals surface area contributed by atoms with Gasteiger partial charge in [-0.2, -0.15) is 0 Å². The molecule has 0 fully saturated rings. The minimum Gasteiger partial charge on any atom is -0.326 e. The van der Waals surface area contributed by atoms with E-state index in [4.69, 9.17) is 5.73 Å². The van der Waals surface area contributed by atoms with Crippen molar-refractivity contribution in [1.29, 1.82) is 0 Å². The highest BCUT2D eigenvalue weighted by Gasteiger charge is 2.13. The molecule has 0 aliphatic carbocycles. The Morgan fingerprint density at radius 1 is 1.31 bits per heavy atom. The van der Waals surface area contributed by atoms with Crippen molar-refractivity contribution in [3.8, 4) is 0 Å². The molecule has 0 saturated heterocycles. The van der Waals surface area contributed by atoms with Crippen LogP contribution >= 0.6 is 0 Å². The molecular formula is C11H16FNO2S. The summed E-state index contributed by atoms with van der Waals surface area (Å²) in [4.78, 5) is 0. The number of rotatable bonds is 5. The largest absolute Gasteiger partial charge is 0.326 e. The van der Waals surface area contributed by atoms with Crippen molar-refractivity contribution in [3.63, 3.8) is 0 Å². The highest BCUT2D eigenvalue weighted by Crippen LogP contribution is 2.15. The molecule has 3 nitrogen and oxygen atoms in total. The summed E-state index contributed by atoms with van der Waals surface area (Å²) in [5, 5.41) is 0. The van der Waals surface area contributed by atoms with Gasteiger partial charge < -0.3 is 5.73 Å². The highest BCUT2D eigenvalue weighted by molar-refractivity contribution is 7.90. The molecule has 0 aliphatic rings. The van der Waals surface area contributed by atoms with Gasteiger partial charge in [-0.1, -0.05) is 13.0 Å². The lowest BCUT2D eigenvalue weighted by Gasteiger charge is -2.08. The first-order chi connectivity index (χ1) is 7.48. The van der Waals surface area contributed by atoms with Gasteiger partial charge in [-0.15, -0.1) is 0 Å². The van der Waals surface area contributed by atoms with Crippen LogP contribution in [0.1, 0.15) is 24.5 Å². The normalized spacial score (nSPS) is 11.7. The van der Waals surface area contributed by atoms with E-state index in [1.54, 1.807) is 0 Å². The van der Waals surface area contributed by atoms with Crippen LogP contribution in [0.25, 0.3) is 0 Å². The zero-order valence-corrected chi connectivity index (χ0v) is 10.1. The van der Waals surface area contributed by atoms with Crippen LogP contribution in [-0.4, -0.2) is 14.2 Å². The summed E-state index contributed by atoms with van der Waals surface area (Å²) in [6, 6.07) is 4.04. The summed E-state index contributed by atoms with van der Waals surface area (Å²) in [6.45, 7) is 1.96. The minimum atomic E-state index is -3.11. The fourth-order valence-corrected chi connectivity index (χ4v) is 3.07. The Balaban J connectivity index is 2.97. The first-order valence-electron chi connectivity index (χ1n) is 5.16. The van der Waals surface area contributed by atoms with Gasteiger partial charge in [0.05, 0.1) is 11.5 Å². The second-order valence-corrected chi connectivity index (χ2v) is 5.89. The molecule has 0 aliphatic heterocycles. The standard InChI is InChI=1S/C11H16FNO2S/c1-2-5-16(14,15)8-9-3-4-11(12)6-10(9)7-13/h3-4,6H,2,5,7-8,13H2,1H3. The number of sulfone groups is 1. The smallest absolute Gasteiger partial charge is 0.154 e. The van der Waals surface area contributed by atoms with Crippen molar-refractivity contribution < 1.29 is 12.8 Å². The summed E-state index contributed by atoms with van der Waals surface area (Å²) >= 11 is 0. The van der Waals surface area contributed by atoms with Crippen molar-refractivity contribution in [1.82, 2.24) is 0 Å². The average molecular weight is 245 g/mol. The van der Waals surface area contributed by atoms with Crippen LogP contribution in [0.5, 0.6) is 0 Å². The minimum absolute atomic E-state index is 0.0619. The summed E-state index contributed by atoms with van der Waals surface area (Å²) in [6.07, 6.45) is 0.585. The van der Waals surface area contributed by atoms with Crippen molar-refractivity contribution in [2.75, 3.05) is 5.75 Å². The Bertz CT molecular complexity index is 457. The maximum atomic E-state index is 12.9. The van der Waals surface area contributed by atoms with E-state index >= 15 is 0 Å². The SMILES string of the molecule is CCCS(=O)(=O)Cc1ccc(F)cc1CN. The first-order valence-corrected chi connectivity index (χ1v) is 6.98. The van der Waals surface area contributed by atoms with Gasteiger partial charge in [-0.05, 0) is 29.7 Å². The summed E-state index contributed by atoms with van der Waals surface area (Å²) in [5.74, 6) is -0.306. The molecule has 0 amide bonds. The first kappa shape index (κ1) is 13.1. The third-order valence-electron chi connectivity index (χ3n) is 2.28. The number of hydrogen-bond acceptors (Lipinski definition) is 3. The molecule has 0 unspecified atom stereocenters. The molecule has 16 heavy (non-hydrogen) atoms. The van der Waals surface area contributed by atoms with Crippen LogP contribution in [-0.2, 0) is 22.1 Å². The third-order valence-corrected chi connectivity index (χ3v) is 4.06. The molecular weight excluding hydrogens is 229 g/mol. The maximum Gasteiger partial charge on any atom is 0.154 e. The second kappa shape index (κ2) is 5.41. The molecule has 5 heteroatoms. The van der Waals surface area contributed by atoms with Gasteiger partial charge >= 0.3 is 0 Å². The zero-order chi connectivity index (χ0) is 12.2. The molecule has 1 aromatic carbocycles. The van der Waals surface area contributed by atoms with Crippen LogP contribution in [0.3, 0.4) is 0 Å². The van der Waals surface area contributed by atoms with Crippen LogP contribution < -0.4 is 5.73 Å². The van der Waals surface area contributed by atoms with Gasteiger partial charge in [0.25, 0.3) is 0 Å². The van der Waals surface area contributed by atoms with E-state index in [2.05, 4.69) is 0 Å². The quantitative estimate of drug-likeness (QED) is 0.857. The lowest BCUT2D eigenvalue weighted by atomic mass is 10.1. The topological polar surface area (TPSA) is 60.2 Å². The summed E-state index contributed by atoms with van der Waals surface area (Å²) < 4.78 is 36.1. The van der Waals surface area contributed by atoms with Crippen molar-refractivity contribution in [2.24, 2.45) is 5.73 Å². The highest BCUT2D eigenvalue weighted by atomic mass is 32.2. The molecule has 1 aromatic rings. The Kier molecular flexibility index (Phi) is 4.44. The van der Waals surface area contributed by atoms with E-state index in [1.807, 2.05) is 6.92 Å². The Morgan fingerprint density at radius 2 is 2.00 bits per heavy atom. The Hall–Kier alpha value is -0.940. The summed E-state index contributed by atoms with van der Waals surface area (Å²) in [5.41, 5.74) is 6.60. The van der Waals surface area contributed by atoms with Crippen molar-refractivity contribution in [2.45, 2.75) is 25.6 Å². The molecule has 0 aromatic heterocycles. The molecule has 1 rings (SSSR count). The number of benzene rings is 1. The molecule has 90 valence electrons. The van der Waals surface area contributed by atoms with Gasteiger partial charge in [0.1, 0.15) is 5.82 Å². The van der Waals surface area contributed by atoms with Crippen molar-refractivity contribution in [3.05, 3.63) is 35.1 Å². The van der Waals surface area contributed by atoms with E-state index in [-0.39, 0.29) is 18.1 Å². The molecule has 0 radical (unpaired) electrons. The zero-order valence-electron chi connectivity index (χ0n) is 9.24. The predicted octanol–water partition coefficient (Wildman–Crippen LogP) is 1.61. The molecule has 0 bridgehead atoms. The van der Waals surface area contributed by atoms with E-state index in [1.165, 1.54) is 18.2 Å². The van der Waals surface area contributed by atoms with Crippen molar-refractivity contribution >= 4 is 9.84 Å². The van der Waals surface area contributed by atoms with Gasteiger partial charge in [-0.3, -0.25) is 0 Å². The van der Waals surface area contributed by atoms with Crippen LogP contribution in [0.4, 0.5) is 4.39 Å². The van der Waals surface area contributed by atoms with Crippen LogP contribution in [0, 0.1) is 5.82 Å². The fourth-order valence-electron chi connectivity index (χ4n) is 1.55. The van der Waals surface area contributed by atoms with E-state index in [9.17, 15) is 12.8 Å². The third kappa shape index (κ3) is 3.57. The summed E-state index contributed by atoms with van der Waals surface area (Å²) in [7, 11) is -3.11. The fraction of sp³-hybridized carbons (Fsp3) is 0.455. The van der Waals surface area contributed by atoms with Gasteiger partial charge in [0.2, 0.25) is 0 Å². The van der Waals surface area contributed by atoms with Crippen LogP contribution in [0.15, 0.2) is 18.2 Å². The number of hydrogen-bond donors (Lipinski definition) is 1. The lowest BCUT2D eigenvalue weighted by Crippen LogP contribution is -2.11. The second-order valence-electron chi connectivity index (χ2n) is 3.71. The number of nitrogens with two attached hydrogens (primary N) is 1. The number of halogens is 1. The molecule has 0 saturated carbocycles. The maximum absolute atomic E-state index is 12.9. The monoisotopic (exact) mass is 245 g/mol. The predicted molar refractivity (Wildman–Crippen MR) is 62.1 cm³/mol. The van der Waals surface area contributed by atoms with E-state index < -0.39 is 15.7 Å². The molecule has 2 N–H and O–H groups in total. The molecule has 0 spiro atoms. The average Bonchev–Trinajstić information content (AvgIpc) is 2.20. The molecule has 0 heterocycles. The van der Waals surface area contributed by atoms with Gasteiger partial charge in [-0.25, -0.2) is 12.8 Å². The van der Waals surface area contributed by atoms with E-state index in [0.717, 1.165) is 0 Å². The molecule has 0 atom stereocenters. The van der Waals surface area contributed by atoms with E-state index in [0.29, 0.717) is 17.5 Å². The van der Waals surface area contributed by atoms with Gasteiger partial charge in [0.15, 0.2) is 9.84 Å². The van der Waals surface area contributed by atoms with Gasteiger partial charge in [0, 0.05) is 6.54 Å². The lowest BCUT2D eigenvalue weighted by molar-refractivity contribution is 0.593. The Morgan fingerprint density at radius 3 is 2.56 bits per heavy atom.